The third-order valence-corrected chi connectivity index (χ3v) is 6.59. The Bertz CT molecular complexity index is 1810. The van der Waals surface area contributed by atoms with E-state index in [4.69, 9.17) is 17.3 Å². The first-order chi connectivity index (χ1) is 18.2. The van der Waals surface area contributed by atoms with Crippen LogP contribution in [0.25, 0.3) is 16.5 Å². The van der Waals surface area contributed by atoms with Crippen molar-refractivity contribution in [1.82, 2.24) is 29.4 Å². The van der Waals surface area contributed by atoms with Crippen LogP contribution in [0.4, 0.5) is 5.82 Å². The molecule has 0 saturated carbocycles. The first-order valence-electron chi connectivity index (χ1n) is 11.8. The second-order valence-electron chi connectivity index (χ2n) is 8.84. The van der Waals surface area contributed by atoms with Gasteiger partial charge >= 0.3 is 0 Å². The van der Waals surface area contributed by atoms with Gasteiger partial charge < -0.3 is 11.1 Å². The zero-order valence-electron chi connectivity index (χ0n) is 20.9. The average Bonchev–Trinajstić information content (AvgIpc) is 3.43. The first kappa shape index (κ1) is 24.9. The summed E-state index contributed by atoms with van der Waals surface area (Å²) in [5.74, 6) is 5.75. The van der Waals surface area contributed by atoms with Crippen LogP contribution in [-0.2, 0) is 14.1 Å². The van der Waals surface area contributed by atoms with E-state index < -0.39 is 11.9 Å². The second kappa shape index (κ2) is 9.92. The van der Waals surface area contributed by atoms with Crippen molar-refractivity contribution < 1.29 is 4.79 Å². The maximum atomic E-state index is 14.1. The molecule has 0 radical (unpaired) electrons. The summed E-state index contributed by atoms with van der Waals surface area (Å²) in [6.45, 7) is 1.80. The van der Waals surface area contributed by atoms with Gasteiger partial charge in [-0.15, -0.1) is 0 Å². The number of rotatable bonds is 4. The number of aryl methyl sites for hydroxylation is 2. The van der Waals surface area contributed by atoms with E-state index in [2.05, 4.69) is 27.4 Å². The number of aromatic nitrogens is 5. The maximum absolute atomic E-state index is 14.1. The Morgan fingerprint density at radius 3 is 2.53 bits per heavy atom. The van der Waals surface area contributed by atoms with Crippen LogP contribution in [-0.4, -0.2) is 30.0 Å². The number of anilines is 1. The summed E-state index contributed by atoms with van der Waals surface area (Å²) < 4.78 is 4.60. The molecule has 3 N–H and O–H groups in total. The van der Waals surface area contributed by atoms with Crippen LogP contribution in [0.15, 0.2) is 71.8 Å². The Hall–Kier alpha value is -4.81. The minimum atomic E-state index is -0.583. The summed E-state index contributed by atoms with van der Waals surface area (Å²) in [6, 6.07) is 16.1. The molecule has 0 saturated heterocycles. The molecule has 5 aromatic rings. The number of nitrogens with one attached hydrogen (secondary N) is 1. The normalized spacial score (nSPS) is 11.7. The number of fused-ring (bicyclic) bond motifs is 1. The number of amides is 1. The van der Waals surface area contributed by atoms with E-state index in [1.807, 2.05) is 67.8 Å². The molecule has 0 bridgehead atoms. The van der Waals surface area contributed by atoms with Crippen molar-refractivity contribution in [3.05, 3.63) is 105 Å². The van der Waals surface area contributed by atoms with Crippen molar-refractivity contribution in [3.8, 4) is 17.5 Å². The van der Waals surface area contributed by atoms with E-state index in [0.29, 0.717) is 27.7 Å². The Labute approximate surface area is 223 Å². The standard InChI is InChI=1S/C28H24ClN7O2/c1-17(32-27(37)24-25(29)35(3)33-26(24)30)22-14-20-9-7-8-19(13-12-18-15-31-34(2)16-18)23(20)28(38)36(22)21-10-5-4-6-11-21/h4-11,14-17H,1-3H3,(H2,30,33)(H,32,37)/t17-/m0/s1. The quantitative estimate of drug-likeness (QED) is 0.348. The summed E-state index contributed by atoms with van der Waals surface area (Å²) in [4.78, 5) is 27.2. The molecule has 0 aliphatic rings. The highest BCUT2D eigenvalue weighted by atomic mass is 35.5. The Morgan fingerprint density at radius 1 is 1.11 bits per heavy atom. The number of hydrogen-bond donors (Lipinski definition) is 2. The Balaban J connectivity index is 1.65. The Kier molecular flexibility index (Phi) is 6.49. The van der Waals surface area contributed by atoms with Crippen LogP contribution in [0.1, 0.15) is 40.1 Å². The van der Waals surface area contributed by atoms with E-state index in [-0.39, 0.29) is 22.1 Å². The molecule has 5 rings (SSSR count). The molecule has 190 valence electrons. The molecular weight excluding hydrogens is 502 g/mol. The molecule has 38 heavy (non-hydrogen) atoms. The van der Waals surface area contributed by atoms with Crippen molar-refractivity contribution in [2.75, 3.05) is 5.73 Å². The van der Waals surface area contributed by atoms with Gasteiger partial charge in [-0.05, 0) is 36.6 Å². The number of carbonyl (C=O) groups excluding carboxylic acids is 1. The molecule has 10 heteroatoms. The van der Waals surface area contributed by atoms with E-state index >= 15 is 0 Å². The van der Waals surface area contributed by atoms with Gasteiger partial charge in [-0.3, -0.25) is 23.5 Å². The van der Waals surface area contributed by atoms with Gasteiger partial charge in [-0.25, -0.2) is 0 Å². The van der Waals surface area contributed by atoms with E-state index in [1.165, 1.54) is 4.68 Å². The summed E-state index contributed by atoms with van der Waals surface area (Å²) in [7, 11) is 3.42. The topological polar surface area (TPSA) is 113 Å². The highest BCUT2D eigenvalue weighted by molar-refractivity contribution is 6.33. The maximum Gasteiger partial charge on any atom is 0.264 e. The molecule has 1 amide bonds. The first-order valence-corrected chi connectivity index (χ1v) is 12.2. The number of pyridine rings is 1. The van der Waals surface area contributed by atoms with Crippen LogP contribution >= 0.6 is 11.6 Å². The highest BCUT2D eigenvalue weighted by Crippen LogP contribution is 2.25. The molecule has 2 aromatic carbocycles. The summed E-state index contributed by atoms with van der Waals surface area (Å²) in [6.07, 6.45) is 3.48. The smallest absolute Gasteiger partial charge is 0.264 e. The third kappa shape index (κ3) is 4.53. The fourth-order valence-corrected chi connectivity index (χ4v) is 4.57. The summed E-state index contributed by atoms with van der Waals surface area (Å²) in [5, 5.41) is 12.4. The zero-order valence-corrected chi connectivity index (χ0v) is 21.7. The number of nitrogen functional groups attached to an aromatic ring is 1. The minimum absolute atomic E-state index is 0.0259. The zero-order chi connectivity index (χ0) is 27.0. The van der Waals surface area contributed by atoms with Gasteiger partial charge in [0, 0.05) is 37.2 Å². The van der Waals surface area contributed by atoms with Gasteiger partial charge in [0.05, 0.1) is 23.2 Å². The fraction of sp³-hybridized carbons (Fsp3) is 0.143. The number of para-hydroxylation sites is 1. The number of carbonyl (C=O) groups is 1. The molecule has 9 nitrogen and oxygen atoms in total. The minimum Gasteiger partial charge on any atom is -0.382 e. The molecule has 3 heterocycles. The monoisotopic (exact) mass is 525 g/mol. The van der Waals surface area contributed by atoms with E-state index in [1.54, 1.807) is 29.4 Å². The Morgan fingerprint density at radius 2 is 1.87 bits per heavy atom. The van der Waals surface area contributed by atoms with Crippen molar-refractivity contribution in [2.24, 2.45) is 14.1 Å². The van der Waals surface area contributed by atoms with Crippen LogP contribution in [0.5, 0.6) is 0 Å². The average molecular weight is 526 g/mol. The lowest BCUT2D eigenvalue weighted by Gasteiger charge is -2.21. The van der Waals surface area contributed by atoms with Crippen molar-refractivity contribution in [2.45, 2.75) is 13.0 Å². The van der Waals surface area contributed by atoms with E-state index in [9.17, 15) is 9.59 Å². The van der Waals surface area contributed by atoms with Gasteiger partial charge in [0.15, 0.2) is 5.82 Å². The summed E-state index contributed by atoms with van der Waals surface area (Å²) in [5.41, 5.74) is 8.33. The van der Waals surface area contributed by atoms with Gasteiger partial charge in [0.1, 0.15) is 10.7 Å². The van der Waals surface area contributed by atoms with Crippen molar-refractivity contribution in [1.29, 1.82) is 0 Å². The van der Waals surface area contributed by atoms with Crippen LogP contribution < -0.4 is 16.6 Å². The van der Waals surface area contributed by atoms with Gasteiger partial charge in [-0.2, -0.15) is 10.2 Å². The number of nitrogens with two attached hydrogens (primary N) is 1. The largest absolute Gasteiger partial charge is 0.382 e. The van der Waals surface area contributed by atoms with Crippen molar-refractivity contribution in [3.63, 3.8) is 0 Å². The molecular formula is C28H24ClN7O2. The third-order valence-electron chi connectivity index (χ3n) is 6.16. The molecule has 1 atom stereocenters. The van der Waals surface area contributed by atoms with Gasteiger partial charge in [-0.1, -0.05) is 53.8 Å². The SMILES string of the molecule is C[C@H](NC(=O)c1c(N)nn(C)c1Cl)c1cc2cccc(C#Cc3cnn(C)c3)c2c(=O)n1-c1ccccc1. The van der Waals surface area contributed by atoms with Crippen LogP contribution in [0.2, 0.25) is 5.15 Å². The number of nitrogens with zero attached hydrogens (tertiary/aromatic N) is 5. The number of hydrogen-bond acceptors (Lipinski definition) is 5. The molecule has 3 aromatic heterocycles. The molecule has 0 aliphatic heterocycles. The molecule has 0 spiro atoms. The molecule has 0 aliphatic carbocycles. The lowest BCUT2D eigenvalue weighted by Crippen LogP contribution is -2.32. The van der Waals surface area contributed by atoms with E-state index in [0.717, 1.165) is 5.56 Å². The lowest BCUT2D eigenvalue weighted by molar-refractivity contribution is 0.0939. The number of benzene rings is 2. The fourth-order valence-electron chi connectivity index (χ4n) is 4.35. The molecule has 0 fully saturated rings. The predicted octanol–water partition coefficient (Wildman–Crippen LogP) is 3.58. The van der Waals surface area contributed by atoms with Crippen LogP contribution in [0, 0.1) is 11.8 Å². The number of halogens is 1. The van der Waals surface area contributed by atoms with Crippen molar-refractivity contribution >= 4 is 34.1 Å². The lowest BCUT2D eigenvalue weighted by atomic mass is 10.0. The van der Waals surface area contributed by atoms with Gasteiger partial charge in [0.2, 0.25) is 0 Å². The predicted molar refractivity (Wildman–Crippen MR) is 147 cm³/mol. The van der Waals surface area contributed by atoms with Gasteiger partial charge in [0.25, 0.3) is 11.5 Å². The van der Waals surface area contributed by atoms with Crippen LogP contribution in [0.3, 0.4) is 0 Å². The highest BCUT2D eigenvalue weighted by Gasteiger charge is 2.24. The second-order valence-corrected chi connectivity index (χ2v) is 9.20. The molecule has 0 unspecified atom stereocenters. The summed E-state index contributed by atoms with van der Waals surface area (Å²) >= 11 is 6.25.